The molecule has 180 valence electrons. The first kappa shape index (κ1) is 23.4. The molecule has 2 heterocycles. The maximum Gasteiger partial charge on any atom is 0.270 e. The third kappa shape index (κ3) is 4.13. The highest BCUT2D eigenvalue weighted by Gasteiger charge is 2.31. The molecule has 34 heavy (non-hydrogen) atoms. The number of rotatable bonds is 8. The molecule has 1 fully saturated rings. The predicted octanol–water partition coefficient (Wildman–Crippen LogP) is 3.44. The number of hydrogen-bond acceptors (Lipinski definition) is 5. The number of fused-ring (bicyclic) bond motifs is 1. The lowest BCUT2D eigenvalue weighted by Gasteiger charge is -2.18. The molecule has 9 heteroatoms. The summed E-state index contributed by atoms with van der Waals surface area (Å²) in [5.74, 6) is 0.757. The van der Waals surface area contributed by atoms with Crippen LogP contribution >= 0.6 is 0 Å². The molecular formula is C25H28FN3O5. The third-order valence-electron chi connectivity index (χ3n) is 6.12. The molecule has 0 bridgehead atoms. The van der Waals surface area contributed by atoms with Gasteiger partial charge in [0.05, 0.1) is 32.5 Å². The van der Waals surface area contributed by atoms with Crippen molar-refractivity contribution in [1.29, 1.82) is 0 Å². The number of anilines is 1. The number of carbonyl (C=O) groups excluding carboxylic acids is 2. The van der Waals surface area contributed by atoms with Crippen LogP contribution in [-0.2, 0) is 18.3 Å². The average Bonchev–Trinajstić information content (AvgIpc) is 3.37. The number of nitrogens with zero attached hydrogens (tertiary/aromatic N) is 2. The van der Waals surface area contributed by atoms with Crippen LogP contribution in [-0.4, -0.2) is 50.8 Å². The van der Waals surface area contributed by atoms with Crippen LogP contribution in [0.3, 0.4) is 0 Å². The van der Waals surface area contributed by atoms with E-state index in [2.05, 4.69) is 5.32 Å². The maximum atomic E-state index is 14.1. The van der Waals surface area contributed by atoms with Gasteiger partial charge in [0.25, 0.3) is 5.91 Å². The van der Waals surface area contributed by atoms with Crippen molar-refractivity contribution in [1.82, 2.24) is 9.88 Å². The number of nitrogens with one attached hydrogen (secondary N) is 1. The minimum absolute atomic E-state index is 0.0664. The topological polar surface area (TPSA) is 82.0 Å². The van der Waals surface area contributed by atoms with E-state index in [1.807, 2.05) is 12.1 Å². The number of aryl methyl sites for hydroxylation is 1. The standard InChI is InChI=1S/C25H28FN3O5/c1-28-18-8-7-16(26)14-17(18)22(29-11-5-6-21(29)30)23(28)25(31)27-10-9-15-12-19(32-2)24(34-4)20(13-15)33-3/h7-8,12-14H,5-6,9-11H2,1-4H3,(H,27,31). The van der Waals surface area contributed by atoms with Gasteiger partial charge in [-0.1, -0.05) is 0 Å². The van der Waals surface area contributed by atoms with Gasteiger partial charge in [0.1, 0.15) is 11.5 Å². The molecule has 1 aliphatic heterocycles. The molecular weight excluding hydrogens is 441 g/mol. The van der Waals surface area contributed by atoms with E-state index in [1.165, 1.54) is 12.1 Å². The number of methoxy groups -OCH3 is 3. The molecule has 0 radical (unpaired) electrons. The summed E-state index contributed by atoms with van der Waals surface area (Å²) >= 11 is 0. The summed E-state index contributed by atoms with van der Waals surface area (Å²) in [5.41, 5.74) is 2.38. The zero-order valence-electron chi connectivity index (χ0n) is 19.7. The molecule has 3 aromatic rings. The first-order valence-corrected chi connectivity index (χ1v) is 11.0. The second kappa shape index (κ2) is 9.62. The molecule has 1 N–H and O–H groups in total. The van der Waals surface area contributed by atoms with Crippen LogP contribution < -0.4 is 24.4 Å². The van der Waals surface area contributed by atoms with Crippen molar-refractivity contribution in [2.75, 3.05) is 39.3 Å². The fourth-order valence-electron chi connectivity index (χ4n) is 4.50. The van der Waals surface area contributed by atoms with Crippen molar-refractivity contribution in [3.05, 3.63) is 47.4 Å². The van der Waals surface area contributed by atoms with E-state index >= 15 is 0 Å². The highest BCUT2D eigenvalue weighted by molar-refractivity contribution is 6.14. The molecule has 1 saturated heterocycles. The molecule has 0 atom stereocenters. The highest BCUT2D eigenvalue weighted by atomic mass is 19.1. The Morgan fingerprint density at radius 1 is 1.09 bits per heavy atom. The van der Waals surface area contributed by atoms with Crippen LogP contribution in [0, 0.1) is 5.82 Å². The van der Waals surface area contributed by atoms with Crippen LogP contribution in [0.2, 0.25) is 0 Å². The first-order valence-electron chi connectivity index (χ1n) is 11.0. The molecule has 0 saturated carbocycles. The van der Waals surface area contributed by atoms with E-state index in [9.17, 15) is 14.0 Å². The van der Waals surface area contributed by atoms with E-state index < -0.39 is 5.82 Å². The number of aromatic nitrogens is 1. The van der Waals surface area contributed by atoms with E-state index in [4.69, 9.17) is 14.2 Å². The van der Waals surface area contributed by atoms with Crippen molar-refractivity contribution in [3.8, 4) is 17.2 Å². The largest absolute Gasteiger partial charge is 0.493 e. The Kier molecular flexibility index (Phi) is 6.63. The molecule has 2 aromatic carbocycles. The number of halogens is 1. The van der Waals surface area contributed by atoms with Crippen molar-refractivity contribution in [2.45, 2.75) is 19.3 Å². The number of benzene rings is 2. The van der Waals surface area contributed by atoms with Gasteiger partial charge >= 0.3 is 0 Å². The van der Waals surface area contributed by atoms with E-state index in [0.717, 1.165) is 5.56 Å². The van der Waals surface area contributed by atoms with Gasteiger partial charge in [0.2, 0.25) is 11.7 Å². The molecule has 2 amide bonds. The first-order chi connectivity index (χ1) is 16.4. The molecule has 8 nitrogen and oxygen atoms in total. The van der Waals surface area contributed by atoms with Crippen molar-refractivity contribution >= 4 is 28.4 Å². The minimum Gasteiger partial charge on any atom is -0.493 e. The summed E-state index contributed by atoms with van der Waals surface area (Å²) < 4.78 is 31.9. The zero-order chi connectivity index (χ0) is 24.4. The van der Waals surface area contributed by atoms with Gasteiger partial charge in [-0.3, -0.25) is 9.59 Å². The summed E-state index contributed by atoms with van der Waals surface area (Å²) in [6.07, 6.45) is 1.62. The van der Waals surface area contributed by atoms with Gasteiger partial charge in [-0.25, -0.2) is 4.39 Å². The summed E-state index contributed by atoms with van der Waals surface area (Å²) in [6.45, 7) is 0.834. The summed E-state index contributed by atoms with van der Waals surface area (Å²) in [4.78, 5) is 27.4. The summed E-state index contributed by atoms with van der Waals surface area (Å²) in [6, 6.07) is 8.03. The lowest BCUT2D eigenvalue weighted by Crippen LogP contribution is -2.31. The zero-order valence-corrected chi connectivity index (χ0v) is 19.7. The second-order valence-electron chi connectivity index (χ2n) is 8.11. The fraction of sp³-hybridized carbons (Fsp3) is 0.360. The van der Waals surface area contributed by atoms with Gasteiger partial charge < -0.3 is 29.0 Å². The fourth-order valence-corrected chi connectivity index (χ4v) is 4.50. The highest BCUT2D eigenvalue weighted by Crippen LogP contribution is 2.39. The maximum absolute atomic E-state index is 14.1. The number of hydrogen-bond donors (Lipinski definition) is 1. The van der Waals surface area contributed by atoms with Gasteiger partial charge in [-0.05, 0) is 48.7 Å². The quantitative estimate of drug-likeness (QED) is 0.547. The van der Waals surface area contributed by atoms with E-state index in [1.54, 1.807) is 43.9 Å². The molecule has 1 aliphatic rings. The van der Waals surface area contributed by atoms with Crippen LogP contribution in [0.1, 0.15) is 28.9 Å². The van der Waals surface area contributed by atoms with Crippen LogP contribution in [0.4, 0.5) is 10.1 Å². The normalized spacial score (nSPS) is 13.4. The minimum atomic E-state index is -0.416. The molecule has 0 spiro atoms. The van der Waals surface area contributed by atoms with Crippen molar-refractivity contribution < 1.29 is 28.2 Å². The van der Waals surface area contributed by atoms with Crippen LogP contribution in [0.5, 0.6) is 17.2 Å². The summed E-state index contributed by atoms with van der Waals surface area (Å²) in [7, 11) is 6.39. The lowest BCUT2D eigenvalue weighted by molar-refractivity contribution is -0.117. The van der Waals surface area contributed by atoms with E-state index in [0.29, 0.717) is 71.9 Å². The third-order valence-corrected chi connectivity index (χ3v) is 6.12. The Bertz CT molecular complexity index is 1230. The predicted molar refractivity (Wildman–Crippen MR) is 127 cm³/mol. The van der Waals surface area contributed by atoms with Crippen molar-refractivity contribution in [2.24, 2.45) is 7.05 Å². The second-order valence-corrected chi connectivity index (χ2v) is 8.11. The molecule has 0 unspecified atom stereocenters. The van der Waals surface area contributed by atoms with Crippen LogP contribution in [0.25, 0.3) is 10.9 Å². The average molecular weight is 470 g/mol. The SMILES string of the molecule is COc1cc(CCNC(=O)c2c(N3CCCC3=O)c3cc(F)ccc3n2C)cc(OC)c1OC. The molecule has 4 rings (SSSR count). The summed E-state index contributed by atoms with van der Waals surface area (Å²) in [5, 5.41) is 3.49. The number of ether oxygens (including phenoxy) is 3. The Labute approximate surface area is 197 Å². The van der Waals surface area contributed by atoms with Gasteiger partial charge in [0, 0.05) is 31.9 Å². The lowest BCUT2D eigenvalue weighted by atomic mass is 10.1. The van der Waals surface area contributed by atoms with Crippen molar-refractivity contribution in [3.63, 3.8) is 0 Å². The monoisotopic (exact) mass is 469 g/mol. The molecule has 0 aliphatic carbocycles. The smallest absolute Gasteiger partial charge is 0.270 e. The Morgan fingerprint density at radius 3 is 2.38 bits per heavy atom. The van der Waals surface area contributed by atoms with E-state index in [-0.39, 0.29) is 11.8 Å². The number of amides is 2. The van der Waals surface area contributed by atoms with Gasteiger partial charge in [0.15, 0.2) is 11.5 Å². The van der Waals surface area contributed by atoms with Crippen LogP contribution in [0.15, 0.2) is 30.3 Å². The Morgan fingerprint density at radius 2 is 1.79 bits per heavy atom. The number of carbonyl (C=O) groups is 2. The van der Waals surface area contributed by atoms with Gasteiger partial charge in [-0.15, -0.1) is 0 Å². The Balaban J connectivity index is 1.61. The molecule has 1 aromatic heterocycles. The Hall–Kier alpha value is -3.75. The van der Waals surface area contributed by atoms with Gasteiger partial charge in [-0.2, -0.15) is 0 Å².